The maximum absolute atomic E-state index is 7.12. The van der Waals surface area contributed by atoms with Crippen molar-refractivity contribution in [2.45, 2.75) is 13.3 Å². The molecule has 0 atom stereocenters. The normalized spacial score (nSPS) is 19.7. The molecule has 1 aliphatic heterocycles. The Morgan fingerprint density at radius 3 is 2.73 bits per heavy atom. The van der Waals surface area contributed by atoms with Crippen molar-refractivity contribution in [1.82, 2.24) is 10.2 Å². The third-order valence-electron chi connectivity index (χ3n) is 2.48. The molecule has 0 aromatic heterocycles. The Morgan fingerprint density at radius 1 is 1.40 bits per heavy atom. The molecule has 3 heteroatoms. The molecule has 1 saturated heterocycles. The molecule has 1 aliphatic rings. The van der Waals surface area contributed by atoms with Gasteiger partial charge in [-0.15, -0.1) is 0 Å². The molecule has 1 fully saturated rings. The van der Waals surface area contributed by atoms with Gasteiger partial charge in [0.1, 0.15) is 0 Å². The van der Waals surface area contributed by atoms with Crippen molar-refractivity contribution in [3.63, 3.8) is 0 Å². The molecule has 0 radical (unpaired) electrons. The summed E-state index contributed by atoms with van der Waals surface area (Å²) in [6.07, 6.45) is 8.59. The molecule has 0 saturated carbocycles. The molecule has 2 N–H and O–H groups in total. The van der Waals surface area contributed by atoms with E-state index in [-0.39, 0.29) is 0 Å². The van der Waals surface area contributed by atoms with E-state index in [0.29, 0.717) is 0 Å². The van der Waals surface area contributed by atoms with Crippen LogP contribution < -0.4 is 5.32 Å². The molecule has 0 bridgehead atoms. The number of piperazine rings is 1. The first-order valence-electron chi connectivity index (χ1n) is 5.66. The van der Waals surface area contributed by atoms with Gasteiger partial charge in [-0.2, -0.15) is 0 Å². The lowest BCUT2D eigenvalue weighted by Crippen LogP contribution is -2.44. The molecule has 0 amide bonds. The Labute approximate surface area is 92.4 Å². The van der Waals surface area contributed by atoms with E-state index in [2.05, 4.69) is 29.3 Å². The fraction of sp³-hybridized carbons (Fsp3) is 0.583. The van der Waals surface area contributed by atoms with Gasteiger partial charge in [-0.1, -0.05) is 19.1 Å². The van der Waals surface area contributed by atoms with Crippen LogP contribution >= 0.6 is 0 Å². The molecule has 1 heterocycles. The monoisotopic (exact) mass is 207 g/mol. The van der Waals surface area contributed by atoms with Crippen LogP contribution in [0.3, 0.4) is 0 Å². The highest BCUT2D eigenvalue weighted by atomic mass is 15.2. The smallest absolute Gasteiger partial charge is 0.0235 e. The molecule has 15 heavy (non-hydrogen) atoms. The first-order chi connectivity index (χ1) is 7.36. The van der Waals surface area contributed by atoms with Crippen LogP contribution in [-0.2, 0) is 0 Å². The maximum Gasteiger partial charge on any atom is 0.0235 e. The van der Waals surface area contributed by atoms with Gasteiger partial charge in [0.2, 0.25) is 0 Å². The maximum atomic E-state index is 7.12. The van der Waals surface area contributed by atoms with Crippen molar-refractivity contribution in [2.24, 2.45) is 0 Å². The molecule has 3 nitrogen and oxygen atoms in total. The van der Waals surface area contributed by atoms with Crippen molar-refractivity contribution >= 4 is 6.21 Å². The minimum atomic E-state index is 0.966. The van der Waals surface area contributed by atoms with Gasteiger partial charge < -0.3 is 10.7 Å². The summed E-state index contributed by atoms with van der Waals surface area (Å²) in [6, 6.07) is 0. The largest absolute Gasteiger partial charge is 0.314 e. The third-order valence-corrected chi connectivity index (χ3v) is 2.48. The van der Waals surface area contributed by atoms with Gasteiger partial charge in [-0.05, 0) is 18.1 Å². The van der Waals surface area contributed by atoms with Crippen LogP contribution in [0, 0.1) is 5.41 Å². The Balaban J connectivity index is 2.45. The molecule has 0 aliphatic carbocycles. The van der Waals surface area contributed by atoms with E-state index >= 15 is 0 Å². The topological polar surface area (TPSA) is 39.1 Å². The summed E-state index contributed by atoms with van der Waals surface area (Å²) >= 11 is 0. The van der Waals surface area contributed by atoms with Gasteiger partial charge in [0, 0.05) is 38.9 Å². The predicted molar refractivity (Wildman–Crippen MR) is 65.6 cm³/mol. The van der Waals surface area contributed by atoms with E-state index in [0.717, 1.165) is 39.1 Å². The number of hydrogen-bond donors (Lipinski definition) is 2. The number of allylic oxidation sites excluding steroid dienone is 2. The van der Waals surface area contributed by atoms with Crippen molar-refractivity contribution in [3.05, 3.63) is 23.8 Å². The standard InChI is InChI=1S/C12H21N3/c1-2-3-4-12(5-6-13)11-15-9-7-14-8-10-15/h3-6,13-14H,2,7-11H2,1H3/b4-3-,12-5+,13-6?. The van der Waals surface area contributed by atoms with Crippen LogP contribution in [0.1, 0.15) is 13.3 Å². The van der Waals surface area contributed by atoms with Crippen LogP contribution in [0.2, 0.25) is 0 Å². The highest BCUT2D eigenvalue weighted by Gasteiger charge is 2.09. The van der Waals surface area contributed by atoms with Gasteiger partial charge >= 0.3 is 0 Å². The summed E-state index contributed by atoms with van der Waals surface area (Å²) < 4.78 is 0. The van der Waals surface area contributed by atoms with Crippen LogP contribution in [0.25, 0.3) is 0 Å². The minimum Gasteiger partial charge on any atom is -0.314 e. The Bertz CT molecular complexity index is 237. The summed E-state index contributed by atoms with van der Waals surface area (Å²) in [5.41, 5.74) is 1.23. The van der Waals surface area contributed by atoms with Gasteiger partial charge in [-0.25, -0.2) is 0 Å². The van der Waals surface area contributed by atoms with E-state index in [4.69, 9.17) is 5.41 Å². The minimum absolute atomic E-state index is 0.966. The third kappa shape index (κ3) is 4.91. The zero-order valence-electron chi connectivity index (χ0n) is 9.50. The van der Waals surface area contributed by atoms with Crippen LogP contribution in [0.4, 0.5) is 0 Å². The second-order valence-electron chi connectivity index (χ2n) is 3.75. The van der Waals surface area contributed by atoms with Crippen molar-refractivity contribution in [1.29, 1.82) is 5.41 Å². The Hall–Kier alpha value is -0.930. The molecular weight excluding hydrogens is 186 g/mol. The fourth-order valence-electron chi connectivity index (χ4n) is 1.66. The summed E-state index contributed by atoms with van der Waals surface area (Å²) in [6.45, 7) is 7.46. The first-order valence-corrected chi connectivity index (χ1v) is 5.66. The molecule has 0 unspecified atom stereocenters. The van der Waals surface area contributed by atoms with Gasteiger partial charge in [0.05, 0.1) is 0 Å². The van der Waals surface area contributed by atoms with Gasteiger partial charge in [0.15, 0.2) is 0 Å². The van der Waals surface area contributed by atoms with Crippen LogP contribution in [0.15, 0.2) is 23.8 Å². The summed E-state index contributed by atoms with van der Waals surface area (Å²) in [5.74, 6) is 0. The lowest BCUT2D eigenvalue weighted by atomic mass is 10.2. The molecule has 84 valence electrons. The van der Waals surface area contributed by atoms with Gasteiger partial charge in [0.25, 0.3) is 0 Å². The zero-order chi connectivity index (χ0) is 10.9. The summed E-state index contributed by atoms with van der Waals surface area (Å²) in [4.78, 5) is 2.42. The van der Waals surface area contributed by atoms with E-state index in [9.17, 15) is 0 Å². The quantitative estimate of drug-likeness (QED) is 0.529. The molecule has 0 spiro atoms. The average molecular weight is 207 g/mol. The Kier molecular flexibility index (Phi) is 5.97. The number of rotatable bonds is 5. The molecular formula is C12H21N3. The molecule has 0 aromatic carbocycles. The van der Waals surface area contributed by atoms with Crippen molar-refractivity contribution < 1.29 is 0 Å². The number of nitrogens with zero attached hydrogens (tertiary/aromatic N) is 1. The second-order valence-corrected chi connectivity index (χ2v) is 3.75. The van der Waals surface area contributed by atoms with Crippen LogP contribution in [0.5, 0.6) is 0 Å². The van der Waals surface area contributed by atoms with E-state index < -0.39 is 0 Å². The fourth-order valence-corrected chi connectivity index (χ4v) is 1.66. The lowest BCUT2D eigenvalue weighted by molar-refractivity contribution is 0.261. The summed E-state index contributed by atoms with van der Waals surface area (Å²) in [7, 11) is 0. The van der Waals surface area contributed by atoms with Crippen molar-refractivity contribution in [3.8, 4) is 0 Å². The highest BCUT2D eigenvalue weighted by molar-refractivity contribution is 5.70. The SMILES string of the molecule is CC/C=C\C(=C/C=N)CN1CCNCC1. The highest BCUT2D eigenvalue weighted by Crippen LogP contribution is 2.03. The molecule has 1 rings (SSSR count). The van der Waals surface area contributed by atoms with E-state index in [1.54, 1.807) is 0 Å². The second kappa shape index (κ2) is 7.37. The number of hydrogen-bond acceptors (Lipinski definition) is 3. The first kappa shape index (κ1) is 12.1. The van der Waals surface area contributed by atoms with Crippen molar-refractivity contribution in [2.75, 3.05) is 32.7 Å². The van der Waals surface area contributed by atoms with E-state index in [1.807, 2.05) is 6.08 Å². The Morgan fingerprint density at radius 2 is 2.13 bits per heavy atom. The molecule has 0 aromatic rings. The van der Waals surface area contributed by atoms with Gasteiger partial charge in [-0.3, -0.25) is 4.90 Å². The average Bonchev–Trinajstić information content (AvgIpc) is 2.28. The van der Waals surface area contributed by atoms with E-state index in [1.165, 1.54) is 11.8 Å². The summed E-state index contributed by atoms with van der Waals surface area (Å²) in [5, 5.41) is 10.5. The predicted octanol–water partition coefficient (Wildman–Crippen LogP) is 1.43. The zero-order valence-corrected chi connectivity index (χ0v) is 9.50. The number of nitrogens with one attached hydrogen (secondary N) is 2. The lowest BCUT2D eigenvalue weighted by Gasteiger charge is -2.27. The van der Waals surface area contributed by atoms with Crippen LogP contribution in [-0.4, -0.2) is 43.8 Å².